The van der Waals surface area contributed by atoms with Crippen LogP contribution < -0.4 is 10.2 Å². The average molecular weight is 346 g/mol. The molecule has 0 unspecified atom stereocenters. The van der Waals surface area contributed by atoms with E-state index in [-0.39, 0.29) is 0 Å². The summed E-state index contributed by atoms with van der Waals surface area (Å²) in [5, 5.41) is 13.7. The monoisotopic (exact) mass is 346 g/mol. The van der Waals surface area contributed by atoms with E-state index in [9.17, 15) is 0 Å². The van der Waals surface area contributed by atoms with Crippen LogP contribution in [0.4, 0.5) is 5.95 Å². The molecule has 0 aliphatic heterocycles. The zero-order valence-electron chi connectivity index (χ0n) is 14.5. The number of fused-ring (bicyclic) bond motifs is 3. The molecule has 0 aliphatic carbocycles. The molecule has 0 spiro atoms. The highest BCUT2D eigenvalue weighted by molar-refractivity contribution is 6.04. The molecule has 130 valence electrons. The van der Waals surface area contributed by atoms with E-state index in [1.165, 1.54) is 0 Å². The minimum atomic E-state index is 0.356. The maximum Gasteiger partial charge on any atom is 0.265 e. The second-order valence-electron chi connectivity index (χ2n) is 5.72. The fourth-order valence-corrected chi connectivity index (χ4v) is 2.96. The Labute approximate surface area is 150 Å². The van der Waals surface area contributed by atoms with Crippen LogP contribution in [0.2, 0.25) is 0 Å². The highest BCUT2D eigenvalue weighted by atomic mass is 16.5. The van der Waals surface area contributed by atoms with Crippen molar-refractivity contribution in [2.45, 2.75) is 13.5 Å². The third-order valence-corrected chi connectivity index (χ3v) is 4.16. The van der Waals surface area contributed by atoms with Gasteiger partial charge in [0.25, 0.3) is 5.95 Å². The van der Waals surface area contributed by atoms with Gasteiger partial charge in [0.2, 0.25) is 0 Å². The van der Waals surface area contributed by atoms with Crippen molar-refractivity contribution in [1.29, 1.82) is 0 Å². The zero-order valence-corrected chi connectivity index (χ0v) is 14.5. The van der Waals surface area contributed by atoms with Gasteiger partial charge in [-0.05, 0) is 30.7 Å². The molecule has 0 fully saturated rings. The molecule has 1 N–H and O–H groups in total. The molecule has 4 rings (SSSR count). The molecule has 0 radical (unpaired) electrons. The van der Waals surface area contributed by atoms with Gasteiger partial charge in [0.1, 0.15) is 11.3 Å². The first-order valence-corrected chi connectivity index (χ1v) is 8.35. The third kappa shape index (κ3) is 2.83. The summed E-state index contributed by atoms with van der Waals surface area (Å²) in [5.41, 5.74) is 6.45. The predicted molar refractivity (Wildman–Crippen MR) is 103 cm³/mol. The van der Waals surface area contributed by atoms with E-state index in [1.807, 2.05) is 42.5 Å². The Morgan fingerprint density at radius 1 is 1.15 bits per heavy atom. The van der Waals surface area contributed by atoms with Gasteiger partial charge in [-0.25, -0.2) is 5.43 Å². The van der Waals surface area contributed by atoms with Crippen LogP contribution in [-0.2, 0) is 6.54 Å². The highest BCUT2D eigenvalue weighted by Gasteiger charge is 2.13. The lowest BCUT2D eigenvalue weighted by molar-refractivity contribution is 0.415. The number of benzene rings is 2. The largest absolute Gasteiger partial charge is 0.497 e. The number of hydrogen-bond acceptors (Lipinski definition) is 6. The Kier molecular flexibility index (Phi) is 4.18. The second kappa shape index (κ2) is 6.79. The van der Waals surface area contributed by atoms with Gasteiger partial charge in [-0.15, -0.1) is 10.2 Å². The standard InChI is InChI=1S/C19H18N6O/c1-3-25-16-10-5-4-9-15(16)17-18(25)21-19(24-22-17)23-20-12-13-7-6-8-14(11-13)26-2/h4-12H,3H2,1-2H3,(H,21,23,24)/b20-12+. The number of nitrogens with one attached hydrogen (secondary N) is 1. The number of methoxy groups -OCH3 is 1. The van der Waals surface area contributed by atoms with Crippen LogP contribution in [-0.4, -0.2) is 33.1 Å². The van der Waals surface area contributed by atoms with E-state index in [0.29, 0.717) is 5.95 Å². The number of hydrazone groups is 1. The van der Waals surface area contributed by atoms with Crippen molar-refractivity contribution in [2.75, 3.05) is 12.5 Å². The van der Waals surface area contributed by atoms with Crippen LogP contribution in [0.5, 0.6) is 5.75 Å². The van der Waals surface area contributed by atoms with Gasteiger partial charge in [-0.3, -0.25) is 0 Å². The summed E-state index contributed by atoms with van der Waals surface area (Å²) in [6, 6.07) is 15.7. The van der Waals surface area contributed by atoms with E-state index in [2.05, 4.69) is 43.3 Å². The smallest absolute Gasteiger partial charge is 0.265 e. The van der Waals surface area contributed by atoms with Crippen molar-refractivity contribution in [1.82, 2.24) is 19.7 Å². The number of ether oxygens (including phenoxy) is 1. The lowest BCUT2D eigenvalue weighted by Crippen LogP contribution is -2.02. The Hall–Kier alpha value is -3.48. The summed E-state index contributed by atoms with van der Waals surface area (Å²) in [7, 11) is 1.63. The molecule has 2 heterocycles. The van der Waals surface area contributed by atoms with Crippen LogP contribution in [0.25, 0.3) is 22.1 Å². The van der Waals surface area contributed by atoms with Crippen LogP contribution in [0.15, 0.2) is 53.6 Å². The summed E-state index contributed by atoms with van der Waals surface area (Å²) in [6.45, 7) is 2.89. The van der Waals surface area contributed by atoms with E-state index < -0.39 is 0 Å². The lowest BCUT2D eigenvalue weighted by atomic mass is 10.2. The van der Waals surface area contributed by atoms with Crippen LogP contribution in [0.1, 0.15) is 12.5 Å². The molecule has 7 nitrogen and oxygen atoms in total. The second-order valence-corrected chi connectivity index (χ2v) is 5.72. The van der Waals surface area contributed by atoms with Crippen molar-refractivity contribution >= 4 is 34.2 Å². The molecule has 2 aromatic heterocycles. The fourth-order valence-electron chi connectivity index (χ4n) is 2.96. The number of nitrogens with zero attached hydrogens (tertiary/aromatic N) is 5. The molecular formula is C19H18N6O. The summed E-state index contributed by atoms with van der Waals surface area (Å²) in [4.78, 5) is 4.59. The third-order valence-electron chi connectivity index (χ3n) is 4.16. The van der Waals surface area contributed by atoms with E-state index in [4.69, 9.17) is 4.74 Å². The normalized spacial score (nSPS) is 11.5. The lowest BCUT2D eigenvalue weighted by Gasteiger charge is -2.02. The molecular weight excluding hydrogens is 328 g/mol. The van der Waals surface area contributed by atoms with Gasteiger partial charge in [-0.2, -0.15) is 10.1 Å². The number of anilines is 1. The number of aryl methyl sites for hydroxylation is 1. The topological polar surface area (TPSA) is 77.2 Å². The molecule has 4 aromatic rings. The van der Waals surface area contributed by atoms with Crippen molar-refractivity contribution in [3.8, 4) is 5.75 Å². The fraction of sp³-hybridized carbons (Fsp3) is 0.158. The van der Waals surface area contributed by atoms with Crippen molar-refractivity contribution < 1.29 is 4.74 Å². The zero-order chi connectivity index (χ0) is 17.9. The number of aromatic nitrogens is 4. The number of hydrogen-bond donors (Lipinski definition) is 1. The molecule has 0 bridgehead atoms. The summed E-state index contributed by atoms with van der Waals surface area (Å²) >= 11 is 0. The summed E-state index contributed by atoms with van der Waals surface area (Å²) in [5.74, 6) is 1.13. The van der Waals surface area contributed by atoms with Crippen LogP contribution in [0, 0.1) is 0 Å². The van der Waals surface area contributed by atoms with E-state index >= 15 is 0 Å². The van der Waals surface area contributed by atoms with Gasteiger partial charge in [0, 0.05) is 11.9 Å². The van der Waals surface area contributed by atoms with E-state index in [0.717, 1.165) is 39.9 Å². The van der Waals surface area contributed by atoms with Crippen molar-refractivity contribution in [2.24, 2.45) is 5.10 Å². The molecule has 0 atom stereocenters. The van der Waals surface area contributed by atoms with Gasteiger partial charge in [-0.1, -0.05) is 30.3 Å². The Balaban J connectivity index is 1.65. The maximum atomic E-state index is 5.20. The quantitative estimate of drug-likeness (QED) is 0.442. The maximum absolute atomic E-state index is 5.20. The van der Waals surface area contributed by atoms with Gasteiger partial charge >= 0.3 is 0 Å². The molecule has 0 aliphatic rings. The number of para-hydroxylation sites is 1. The Morgan fingerprint density at radius 3 is 2.88 bits per heavy atom. The summed E-state index contributed by atoms with van der Waals surface area (Å²) in [6.07, 6.45) is 1.69. The van der Waals surface area contributed by atoms with Crippen LogP contribution in [0.3, 0.4) is 0 Å². The first-order valence-electron chi connectivity index (χ1n) is 8.35. The Bertz CT molecular complexity index is 1100. The van der Waals surface area contributed by atoms with Gasteiger partial charge in [0.05, 0.1) is 18.8 Å². The van der Waals surface area contributed by atoms with Gasteiger partial charge < -0.3 is 9.30 Å². The predicted octanol–water partition coefficient (Wildman–Crippen LogP) is 3.45. The molecule has 0 saturated carbocycles. The first-order chi connectivity index (χ1) is 12.8. The van der Waals surface area contributed by atoms with Crippen molar-refractivity contribution in [3.05, 3.63) is 54.1 Å². The molecule has 2 aromatic carbocycles. The van der Waals surface area contributed by atoms with Gasteiger partial charge in [0.15, 0.2) is 5.65 Å². The first kappa shape index (κ1) is 16.0. The molecule has 0 saturated heterocycles. The summed E-state index contributed by atoms with van der Waals surface area (Å²) < 4.78 is 7.32. The molecule has 26 heavy (non-hydrogen) atoms. The van der Waals surface area contributed by atoms with Crippen molar-refractivity contribution in [3.63, 3.8) is 0 Å². The molecule has 7 heteroatoms. The molecule has 0 amide bonds. The minimum Gasteiger partial charge on any atom is -0.497 e. The SMILES string of the molecule is CCn1c2ccccc2c2nnc(N/N=C/c3cccc(OC)c3)nc21. The van der Waals surface area contributed by atoms with Crippen LogP contribution >= 0.6 is 0 Å². The average Bonchev–Trinajstić information content (AvgIpc) is 3.01. The Morgan fingerprint density at radius 2 is 2.04 bits per heavy atom. The minimum absolute atomic E-state index is 0.356. The highest BCUT2D eigenvalue weighted by Crippen LogP contribution is 2.26. The van der Waals surface area contributed by atoms with E-state index in [1.54, 1.807) is 13.3 Å². The number of rotatable bonds is 5.